The minimum absolute atomic E-state index is 0.224. The summed E-state index contributed by atoms with van der Waals surface area (Å²) in [6, 6.07) is 3.78. The largest absolute Gasteiger partial charge is 0.347 e. The molecular weight excluding hydrogens is 274 g/mol. The van der Waals surface area contributed by atoms with Crippen molar-refractivity contribution in [2.24, 2.45) is 0 Å². The van der Waals surface area contributed by atoms with Gasteiger partial charge < -0.3 is 4.98 Å². The highest BCUT2D eigenvalue weighted by Crippen LogP contribution is 2.25. The molecule has 0 saturated heterocycles. The summed E-state index contributed by atoms with van der Waals surface area (Å²) in [5.74, 6) is 0.624. The van der Waals surface area contributed by atoms with Gasteiger partial charge in [0.05, 0.1) is 11.4 Å². The zero-order valence-corrected chi connectivity index (χ0v) is 13.0. The van der Waals surface area contributed by atoms with Crippen LogP contribution in [0.5, 0.6) is 0 Å². The van der Waals surface area contributed by atoms with Gasteiger partial charge in [-0.15, -0.1) is 0 Å². The van der Waals surface area contributed by atoms with Crippen LogP contribution in [-0.2, 0) is 16.6 Å². The summed E-state index contributed by atoms with van der Waals surface area (Å²) in [5.41, 5.74) is 2.61. The van der Waals surface area contributed by atoms with Crippen molar-refractivity contribution in [3.63, 3.8) is 0 Å². The molecule has 1 heterocycles. The Morgan fingerprint density at radius 1 is 1.20 bits per heavy atom. The normalized spacial score (nSPS) is 12.1. The molecule has 2 rings (SSSR count). The lowest BCUT2D eigenvalue weighted by molar-refractivity contribution is 0.457. The lowest BCUT2D eigenvalue weighted by Crippen LogP contribution is -2.28. The van der Waals surface area contributed by atoms with E-state index in [0.717, 1.165) is 16.7 Å². The smallest absolute Gasteiger partial charge is 0.243 e. The Balaban J connectivity index is 2.40. The Kier molecular flexibility index (Phi) is 3.96. The maximum Gasteiger partial charge on any atom is 0.243 e. The third-order valence-corrected chi connectivity index (χ3v) is 5.31. The van der Waals surface area contributed by atoms with Gasteiger partial charge in [0, 0.05) is 19.4 Å². The van der Waals surface area contributed by atoms with Crippen molar-refractivity contribution in [3.8, 4) is 0 Å². The van der Waals surface area contributed by atoms with Gasteiger partial charge in [-0.3, -0.25) is 0 Å². The van der Waals surface area contributed by atoms with Gasteiger partial charge in [-0.25, -0.2) is 13.4 Å². The fraction of sp³-hybridized carbons (Fsp3) is 0.357. The highest BCUT2D eigenvalue weighted by Gasteiger charge is 2.25. The highest BCUT2D eigenvalue weighted by molar-refractivity contribution is 7.89. The Morgan fingerprint density at radius 2 is 1.80 bits per heavy atom. The molecule has 0 saturated carbocycles. The summed E-state index contributed by atoms with van der Waals surface area (Å²) in [5, 5.41) is 0. The molecule has 20 heavy (non-hydrogen) atoms. The van der Waals surface area contributed by atoms with Crippen molar-refractivity contribution in [1.82, 2.24) is 14.3 Å². The summed E-state index contributed by atoms with van der Waals surface area (Å²) < 4.78 is 26.7. The molecule has 2 aromatic rings. The first-order chi connectivity index (χ1) is 9.32. The van der Waals surface area contributed by atoms with Crippen molar-refractivity contribution in [2.45, 2.75) is 32.2 Å². The topological polar surface area (TPSA) is 66.1 Å². The Morgan fingerprint density at radius 3 is 2.30 bits per heavy atom. The minimum Gasteiger partial charge on any atom is -0.347 e. The van der Waals surface area contributed by atoms with Gasteiger partial charge in [-0.05, 0) is 31.9 Å². The standard InChI is InChI=1S/C14H19N3O2S/c1-10-7-11(2)14(12(3)8-10)20(18,19)17(4)9-13-15-5-6-16-13/h5-8H,9H2,1-4H3,(H,15,16). The Hall–Kier alpha value is -1.66. The number of H-pyrrole nitrogens is 1. The van der Waals surface area contributed by atoms with Crippen molar-refractivity contribution in [2.75, 3.05) is 7.05 Å². The predicted octanol–water partition coefficient (Wildman–Crippen LogP) is 2.16. The van der Waals surface area contributed by atoms with Gasteiger partial charge in [0.25, 0.3) is 0 Å². The minimum atomic E-state index is -3.52. The third-order valence-electron chi connectivity index (χ3n) is 3.20. The van der Waals surface area contributed by atoms with E-state index in [2.05, 4.69) is 9.97 Å². The zero-order valence-electron chi connectivity index (χ0n) is 12.1. The molecule has 0 spiro atoms. The summed E-state index contributed by atoms with van der Waals surface area (Å²) in [7, 11) is -1.95. The maximum absolute atomic E-state index is 12.7. The Bertz CT molecular complexity index is 683. The fourth-order valence-corrected chi connectivity index (χ4v) is 3.95. The number of rotatable bonds is 4. The molecule has 0 aliphatic rings. The number of hydrogen-bond acceptors (Lipinski definition) is 3. The summed E-state index contributed by atoms with van der Waals surface area (Å²) in [4.78, 5) is 7.36. The average Bonchev–Trinajstić information content (AvgIpc) is 2.79. The summed E-state index contributed by atoms with van der Waals surface area (Å²) in [6.07, 6.45) is 3.29. The van der Waals surface area contributed by atoms with Crippen LogP contribution in [0.1, 0.15) is 22.5 Å². The lowest BCUT2D eigenvalue weighted by atomic mass is 10.1. The van der Waals surface area contributed by atoms with Crippen LogP contribution in [0.15, 0.2) is 29.4 Å². The summed E-state index contributed by atoms with van der Waals surface area (Å²) in [6.45, 7) is 5.84. The van der Waals surface area contributed by atoms with Crippen LogP contribution in [0.2, 0.25) is 0 Å². The number of aryl methyl sites for hydroxylation is 3. The molecule has 1 aromatic heterocycles. The van der Waals surface area contributed by atoms with E-state index in [9.17, 15) is 8.42 Å². The Labute approximate surface area is 119 Å². The number of imidazole rings is 1. The molecule has 0 unspecified atom stereocenters. The van der Waals surface area contributed by atoms with E-state index >= 15 is 0 Å². The molecule has 6 heteroatoms. The van der Waals surface area contributed by atoms with Gasteiger partial charge in [0.15, 0.2) is 0 Å². The zero-order chi connectivity index (χ0) is 14.9. The van der Waals surface area contributed by atoms with Crippen LogP contribution in [0, 0.1) is 20.8 Å². The molecular formula is C14H19N3O2S. The molecule has 0 atom stereocenters. The predicted molar refractivity (Wildman–Crippen MR) is 77.9 cm³/mol. The molecule has 0 bridgehead atoms. The second-order valence-electron chi connectivity index (χ2n) is 5.02. The second kappa shape index (κ2) is 5.38. The monoisotopic (exact) mass is 293 g/mol. The molecule has 1 aromatic carbocycles. The summed E-state index contributed by atoms with van der Waals surface area (Å²) >= 11 is 0. The van der Waals surface area contributed by atoms with E-state index in [-0.39, 0.29) is 6.54 Å². The van der Waals surface area contributed by atoms with Crippen molar-refractivity contribution in [1.29, 1.82) is 0 Å². The van der Waals surface area contributed by atoms with Crippen LogP contribution in [0.3, 0.4) is 0 Å². The lowest BCUT2D eigenvalue weighted by Gasteiger charge is -2.19. The van der Waals surface area contributed by atoms with E-state index in [4.69, 9.17) is 0 Å². The van der Waals surface area contributed by atoms with Crippen LogP contribution in [0.25, 0.3) is 0 Å². The molecule has 108 valence electrons. The number of nitrogens with zero attached hydrogens (tertiary/aromatic N) is 2. The SMILES string of the molecule is Cc1cc(C)c(S(=O)(=O)N(C)Cc2ncc[nH]2)c(C)c1. The van der Waals surface area contributed by atoms with E-state index in [0.29, 0.717) is 10.7 Å². The highest BCUT2D eigenvalue weighted by atomic mass is 32.2. The van der Waals surface area contributed by atoms with Crippen LogP contribution < -0.4 is 0 Å². The number of aromatic nitrogens is 2. The number of aromatic amines is 1. The first-order valence-corrected chi connectivity index (χ1v) is 7.79. The van der Waals surface area contributed by atoms with E-state index in [1.54, 1.807) is 19.4 Å². The van der Waals surface area contributed by atoms with Crippen molar-refractivity contribution in [3.05, 3.63) is 47.0 Å². The molecule has 5 nitrogen and oxygen atoms in total. The third kappa shape index (κ3) is 2.76. The van der Waals surface area contributed by atoms with Crippen LogP contribution in [0.4, 0.5) is 0 Å². The number of hydrogen-bond donors (Lipinski definition) is 1. The second-order valence-corrected chi connectivity index (χ2v) is 7.01. The molecule has 0 fully saturated rings. The molecule has 1 N–H and O–H groups in total. The average molecular weight is 293 g/mol. The van der Waals surface area contributed by atoms with Gasteiger partial charge in [-0.2, -0.15) is 4.31 Å². The van der Waals surface area contributed by atoms with Crippen LogP contribution >= 0.6 is 0 Å². The van der Waals surface area contributed by atoms with Gasteiger partial charge >= 0.3 is 0 Å². The quantitative estimate of drug-likeness (QED) is 0.939. The van der Waals surface area contributed by atoms with Crippen molar-refractivity contribution >= 4 is 10.0 Å². The van der Waals surface area contributed by atoms with Gasteiger partial charge in [-0.1, -0.05) is 17.7 Å². The van der Waals surface area contributed by atoms with Crippen molar-refractivity contribution < 1.29 is 8.42 Å². The van der Waals surface area contributed by atoms with E-state index < -0.39 is 10.0 Å². The van der Waals surface area contributed by atoms with Gasteiger partial charge in [0.2, 0.25) is 10.0 Å². The van der Waals surface area contributed by atoms with Crippen LogP contribution in [-0.4, -0.2) is 29.7 Å². The fourth-order valence-electron chi connectivity index (χ4n) is 2.41. The first kappa shape index (κ1) is 14.7. The van der Waals surface area contributed by atoms with E-state index in [1.165, 1.54) is 4.31 Å². The van der Waals surface area contributed by atoms with Gasteiger partial charge in [0.1, 0.15) is 5.82 Å². The molecule has 0 aliphatic carbocycles. The number of benzene rings is 1. The number of sulfonamides is 1. The van der Waals surface area contributed by atoms with E-state index in [1.807, 2.05) is 32.9 Å². The molecule has 0 amide bonds. The maximum atomic E-state index is 12.7. The first-order valence-electron chi connectivity index (χ1n) is 6.35. The molecule has 0 aliphatic heterocycles. The number of nitrogens with one attached hydrogen (secondary N) is 1. The molecule has 0 radical (unpaired) electrons.